The highest BCUT2D eigenvalue weighted by Gasteiger charge is 2.23. The molecule has 0 aliphatic heterocycles. The van der Waals surface area contributed by atoms with E-state index in [0.29, 0.717) is 17.0 Å². The van der Waals surface area contributed by atoms with Gasteiger partial charge in [-0.2, -0.15) is 0 Å². The van der Waals surface area contributed by atoms with Gasteiger partial charge in [0.1, 0.15) is 5.82 Å². The normalized spacial score (nSPS) is 18.5. The summed E-state index contributed by atoms with van der Waals surface area (Å²) in [6, 6.07) is 15.6. The van der Waals surface area contributed by atoms with Crippen molar-refractivity contribution in [3.8, 4) is 22.3 Å². The van der Waals surface area contributed by atoms with Crippen molar-refractivity contribution in [1.82, 2.24) is 0 Å². The molecule has 1 fully saturated rings. The highest BCUT2D eigenvalue weighted by molar-refractivity contribution is 5.71. The fourth-order valence-electron chi connectivity index (χ4n) is 4.86. The summed E-state index contributed by atoms with van der Waals surface area (Å²) in [6.45, 7) is 5.34. The monoisotopic (exact) mass is 434 g/mol. The van der Waals surface area contributed by atoms with E-state index in [1.54, 1.807) is 42.5 Å². The summed E-state index contributed by atoms with van der Waals surface area (Å²) < 4.78 is 43.2. The van der Waals surface area contributed by atoms with E-state index in [9.17, 15) is 13.2 Å². The van der Waals surface area contributed by atoms with E-state index in [2.05, 4.69) is 6.58 Å². The number of aryl methyl sites for hydroxylation is 1. The van der Waals surface area contributed by atoms with Crippen molar-refractivity contribution < 1.29 is 13.2 Å². The summed E-state index contributed by atoms with van der Waals surface area (Å²) in [6.07, 6.45) is 8.87. The number of hydrogen-bond donors (Lipinski definition) is 0. The molecular formula is C29H29F3. The molecule has 1 aliphatic rings. The molecule has 3 heteroatoms. The number of allylic oxidation sites excluding steroid dienone is 1. The van der Waals surface area contributed by atoms with Crippen molar-refractivity contribution >= 4 is 0 Å². The predicted octanol–water partition coefficient (Wildman–Crippen LogP) is 8.99. The van der Waals surface area contributed by atoms with E-state index < -0.39 is 11.6 Å². The van der Waals surface area contributed by atoms with E-state index in [1.165, 1.54) is 26.2 Å². The van der Waals surface area contributed by atoms with Crippen LogP contribution in [-0.4, -0.2) is 0 Å². The Morgan fingerprint density at radius 1 is 0.812 bits per heavy atom. The largest absolute Gasteiger partial charge is 0.206 e. The number of rotatable bonds is 6. The van der Waals surface area contributed by atoms with Crippen LogP contribution in [0.25, 0.3) is 22.3 Å². The molecule has 0 bridgehead atoms. The minimum Gasteiger partial charge on any atom is -0.206 e. The predicted molar refractivity (Wildman–Crippen MR) is 126 cm³/mol. The summed E-state index contributed by atoms with van der Waals surface area (Å²) in [5.41, 5.74) is 3.36. The topological polar surface area (TPSA) is 0 Å². The fraction of sp³-hybridized carbons (Fsp3) is 0.310. The van der Waals surface area contributed by atoms with Crippen LogP contribution in [-0.2, 0) is 0 Å². The molecule has 166 valence electrons. The van der Waals surface area contributed by atoms with Gasteiger partial charge in [-0.3, -0.25) is 0 Å². The van der Waals surface area contributed by atoms with Crippen LogP contribution >= 0.6 is 0 Å². The second kappa shape index (κ2) is 9.77. The van der Waals surface area contributed by atoms with Crippen LogP contribution in [0.1, 0.15) is 55.6 Å². The lowest BCUT2D eigenvalue weighted by Gasteiger charge is -2.28. The number of hydrogen-bond acceptors (Lipinski definition) is 0. The van der Waals surface area contributed by atoms with Crippen molar-refractivity contribution in [3.63, 3.8) is 0 Å². The van der Waals surface area contributed by atoms with Gasteiger partial charge in [-0.05, 0) is 85.6 Å². The average Bonchev–Trinajstić information content (AvgIpc) is 2.82. The third kappa shape index (κ3) is 4.67. The molecule has 0 aromatic heterocycles. The summed E-state index contributed by atoms with van der Waals surface area (Å²) in [7, 11) is 0. The van der Waals surface area contributed by atoms with Gasteiger partial charge < -0.3 is 0 Å². The standard InChI is InChI=1S/C29H29F3/c1-3-4-5-20-7-9-21(10-8-20)24-15-17-25(27(30)18-24)22-11-13-23(14-12-22)26-16-6-19(2)28(31)29(26)32/h3,6,11-18,20-21H,1,4-5,7-10H2,2H3. The first-order valence-electron chi connectivity index (χ1n) is 11.4. The molecule has 0 nitrogen and oxygen atoms in total. The van der Waals surface area contributed by atoms with Gasteiger partial charge >= 0.3 is 0 Å². The molecule has 3 aromatic rings. The maximum atomic E-state index is 15.0. The summed E-state index contributed by atoms with van der Waals surface area (Å²) >= 11 is 0. The zero-order chi connectivity index (χ0) is 22.7. The molecule has 32 heavy (non-hydrogen) atoms. The second-order valence-electron chi connectivity index (χ2n) is 8.96. The van der Waals surface area contributed by atoms with E-state index in [1.807, 2.05) is 18.2 Å². The lowest BCUT2D eigenvalue weighted by atomic mass is 9.77. The lowest BCUT2D eigenvalue weighted by molar-refractivity contribution is 0.311. The zero-order valence-corrected chi connectivity index (χ0v) is 18.5. The Morgan fingerprint density at radius 3 is 2.06 bits per heavy atom. The molecule has 0 atom stereocenters. The highest BCUT2D eigenvalue weighted by Crippen LogP contribution is 2.39. The Balaban J connectivity index is 1.49. The van der Waals surface area contributed by atoms with Crippen molar-refractivity contribution in [2.24, 2.45) is 5.92 Å². The van der Waals surface area contributed by atoms with Crippen LogP contribution in [0.5, 0.6) is 0 Å². The molecule has 0 unspecified atom stereocenters. The molecule has 0 radical (unpaired) electrons. The van der Waals surface area contributed by atoms with Gasteiger partial charge in [0, 0.05) is 11.1 Å². The first kappa shape index (κ1) is 22.4. The van der Waals surface area contributed by atoms with Crippen LogP contribution in [0, 0.1) is 30.3 Å². The Labute approximate surface area is 188 Å². The summed E-state index contributed by atoms with van der Waals surface area (Å²) in [5.74, 6) is -0.744. The van der Waals surface area contributed by atoms with Gasteiger partial charge in [0.15, 0.2) is 11.6 Å². The van der Waals surface area contributed by atoms with E-state index >= 15 is 0 Å². The van der Waals surface area contributed by atoms with Crippen molar-refractivity contribution in [1.29, 1.82) is 0 Å². The molecule has 0 spiro atoms. The molecule has 3 aromatic carbocycles. The third-order valence-corrected chi connectivity index (χ3v) is 6.87. The van der Waals surface area contributed by atoms with Crippen LogP contribution in [0.4, 0.5) is 13.2 Å². The summed E-state index contributed by atoms with van der Waals surface area (Å²) in [5, 5.41) is 0. The van der Waals surface area contributed by atoms with E-state index in [-0.39, 0.29) is 16.9 Å². The fourth-order valence-corrected chi connectivity index (χ4v) is 4.86. The SMILES string of the molecule is C=CCCC1CCC(c2ccc(-c3ccc(-c4ccc(C)c(F)c4F)cc3)c(F)c2)CC1. The van der Waals surface area contributed by atoms with E-state index in [0.717, 1.165) is 36.3 Å². The van der Waals surface area contributed by atoms with Gasteiger partial charge in [-0.25, -0.2) is 13.2 Å². The summed E-state index contributed by atoms with van der Waals surface area (Å²) in [4.78, 5) is 0. The Bertz CT molecular complexity index is 1090. The molecule has 1 saturated carbocycles. The van der Waals surface area contributed by atoms with E-state index in [4.69, 9.17) is 0 Å². The highest BCUT2D eigenvalue weighted by atomic mass is 19.2. The van der Waals surface area contributed by atoms with Crippen LogP contribution in [0.15, 0.2) is 67.3 Å². The molecule has 0 saturated heterocycles. The van der Waals surface area contributed by atoms with Crippen LogP contribution in [0.2, 0.25) is 0 Å². The Morgan fingerprint density at radius 2 is 1.44 bits per heavy atom. The van der Waals surface area contributed by atoms with Crippen LogP contribution < -0.4 is 0 Å². The van der Waals surface area contributed by atoms with Gasteiger partial charge in [-0.15, -0.1) is 6.58 Å². The van der Waals surface area contributed by atoms with Gasteiger partial charge in [0.05, 0.1) is 0 Å². The van der Waals surface area contributed by atoms with Crippen molar-refractivity contribution in [2.75, 3.05) is 0 Å². The van der Waals surface area contributed by atoms with Gasteiger partial charge in [0.2, 0.25) is 0 Å². The smallest absolute Gasteiger partial charge is 0.166 e. The third-order valence-electron chi connectivity index (χ3n) is 6.87. The first-order valence-corrected chi connectivity index (χ1v) is 11.4. The van der Waals surface area contributed by atoms with Crippen molar-refractivity contribution in [3.05, 3.63) is 95.8 Å². The minimum absolute atomic E-state index is 0.208. The number of halogens is 3. The van der Waals surface area contributed by atoms with Crippen molar-refractivity contribution in [2.45, 2.75) is 51.4 Å². The molecule has 4 rings (SSSR count). The maximum absolute atomic E-state index is 15.0. The van der Waals surface area contributed by atoms with Gasteiger partial charge in [0.25, 0.3) is 0 Å². The molecule has 0 amide bonds. The molecule has 0 heterocycles. The minimum atomic E-state index is -0.854. The maximum Gasteiger partial charge on any atom is 0.166 e. The quantitative estimate of drug-likeness (QED) is 0.340. The Hall–Kier alpha value is -2.81. The molecule has 0 N–H and O–H groups in total. The average molecular weight is 435 g/mol. The second-order valence-corrected chi connectivity index (χ2v) is 8.96. The Kier molecular flexibility index (Phi) is 6.83. The molecule has 1 aliphatic carbocycles. The van der Waals surface area contributed by atoms with Gasteiger partial charge in [-0.1, -0.05) is 54.6 Å². The number of benzene rings is 3. The zero-order valence-electron chi connectivity index (χ0n) is 18.5. The first-order chi connectivity index (χ1) is 15.5. The molecular weight excluding hydrogens is 405 g/mol. The lowest BCUT2D eigenvalue weighted by Crippen LogP contribution is -2.13. The van der Waals surface area contributed by atoms with Crippen LogP contribution in [0.3, 0.4) is 0 Å².